The number of rotatable bonds is 17. The summed E-state index contributed by atoms with van der Waals surface area (Å²) in [6.45, 7) is 10.6. The number of hydrogen-bond donors (Lipinski definition) is 3. The van der Waals surface area contributed by atoms with Gasteiger partial charge in [0.1, 0.15) is 6.16 Å². The van der Waals surface area contributed by atoms with E-state index in [0.717, 1.165) is 33.9 Å². The van der Waals surface area contributed by atoms with Crippen molar-refractivity contribution in [2.75, 3.05) is 43.5 Å². The first-order valence-corrected chi connectivity index (χ1v) is 20.0. The average molecular weight is 700 g/mol. The molecule has 0 saturated carbocycles. The third-order valence-corrected chi connectivity index (χ3v) is 12.0. The minimum Gasteiger partial charge on any atom is -0.481 e. The van der Waals surface area contributed by atoms with Gasteiger partial charge in [0.25, 0.3) is 0 Å². The monoisotopic (exact) mass is 699 g/mol. The van der Waals surface area contributed by atoms with Gasteiger partial charge in [0.15, 0.2) is 12.3 Å². The van der Waals surface area contributed by atoms with Crippen LogP contribution in [-0.2, 0) is 33.8 Å². The molecule has 3 N–H and O–H groups in total. The number of hydrogen-bond acceptors (Lipinski definition) is 6. The Morgan fingerprint density at radius 3 is 2.19 bits per heavy atom. The molecule has 2 aromatic carbocycles. The normalized spacial score (nSPS) is 22.0. The Morgan fingerprint density at radius 1 is 0.896 bits per heavy atom. The van der Waals surface area contributed by atoms with E-state index in [1.54, 1.807) is 13.8 Å². The molecule has 260 valence electrons. The second-order valence-corrected chi connectivity index (χ2v) is 16.7. The Hall–Kier alpha value is -3.10. The number of nitrogens with zero attached hydrogens (tertiary/aromatic N) is 2. The van der Waals surface area contributed by atoms with Crippen LogP contribution in [-0.4, -0.2) is 69.8 Å². The highest BCUT2D eigenvalue weighted by Crippen LogP contribution is 2.52. The van der Waals surface area contributed by atoms with Crippen LogP contribution in [0, 0.1) is 0 Å². The number of anilines is 1. The topological polar surface area (TPSA) is 137 Å². The molecule has 0 amide bonds. The van der Waals surface area contributed by atoms with Gasteiger partial charge in [0, 0.05) is 47.5 Å². The minimum atomic E-state index is -3.80. The maximum Gasteiger partial charge on any atom is 0.334 e. The number of fused-ring (bicyclic) bond motifs is 2. The Kier molecular flexibility index (Phi) is 12.3. The summed E-state index contributed by atoms with van der Waals surface area (Å²) in [5, 5.41) is 9.35. The van der Waals surface area contributed by atoms with Gasteiger partial charge in [-0.15, -0.1) is 0 Å². The molecule has 3 atom stereocenters. The van der Waals surface area contributed by atoms with Crippen LogP contribution in [0.5, 0.6) is 0 Å². The molecule has 10 nitrogen and oxygen atoms in total. The van der Waals surface area contributed by atoms with Crippen LogP contribution in [0.25, 0.3) is 0 Å². The first-order valence-electron chi connectivity index (χ1n) is 16.5. The zero-order chi connectivity index (χ0) is 35.2. The lowest BCUT2D eigenvalue weighted by molar-refractivity contribution is -0.432. The number of allylic oxidation sites excluding steroid dienone is 6. The Labute approximate surface area is 284 Å². The van der Waals surface area contributed by atoms with E-state index in [-0.39, 0.29) is 43.9 Å². The fraction of sp³-hybridized carbons (Fsp3) is 0.444. The van der Waals surface area contributed by atoms with Crippen LogP contribution in [0.4, 0.5) is 11.4 Å². The Balaban J connectivity index is 1.69. The van der Waals surface area contributed by atoms with E-state index in [0.29, 0.717) is 19.4 Å². The average Bonchev–Trinajstić information content (AvgIpc) is 3.38. The Morgan fingerprint density at radius 2 is 1.52 bits per heavy atom. The van der Waals surface area contributed by atoms with Gasteiger partial charge in [-0.25, -0.2) is 0 Å². The van der Waals surface area contributed by atoms with Gasteiger partial charge in [-0.2, -0.15) is 4.58 Å². The fourth-order valence-electron chi connectivity index (χ4n) is 6.84. The zero-order valence-corrected chi connectivity index (χ0v) is 30.3. The molecule has 4 rings (SSSR count). The van der Waals surface area contributed by atoms with Crippen LogP contribution < -0.4 is 4.90 Å². The predicted molar refractivity (Wildman–Crippen MR) is 191 cm³/mol. The molecule has 0 aliphatic carbocycles. The van der Waals surface area contributed by atoms with Gasteiger partial charge in [-0.05, 0) is 65.2 Å². The summed E-state index contributed by atoms with van der Waals surface area (Å²) in [6.07, 6.45) is 10.8. The van der Waals surface area contributed by atoms with E-state index in [1.807, 2.05) is 77.7 Å². The van der Waals surface area contributed by atoms with Gasteiger partial charge >= 0.3 is 21.2 Å². The summed E-state index contributed by atoms with van der Waals surface area (Å²) in [5.41, 5.74) is 5.11. The summed E-state index contributed by atoms with van der Waals surface area (Å²) in [6, 6.07) is 16.0. The number of benzene rings is 2. The van der Waals surface area contributed by atoms with E-state index < -0.39 is 26.6 Å². The van der Waals surface area contributed by atoms with Crippen molar-refractivity contribution in [2.45, 2.75) is 64.7 Å². The predicted octanol–water partition coefficient (Wildman–Crippen LogP) is 7.54. The van der Waals surface area contributed by atoms with Gasteiger partial charge in [-0.3, -0.25) is 13.9 Å². The molecule has 0 fully saturated rings. The molecule has 0 saturated heterocycles. The van der Waals surface area contributed by atoms with Gasteiger partial charge in [-0.1, -0.05) is 54.6 Å². The highest BCUT2D eigenvalue weighted by Gasteiger charge is 2.45. The molecule has 2 aromatic rings. The number of carboxylic acids is 1. The third-order valence-electron chi connectivity index (χ3n) is 9.12. The van der Waals surface area contributed by atoms with E-state index in [4.69, 9.17) is 9.05 Å². The van der Waals surface area contributed by atoms with Crippen LogP contribution in [0.1, 0.15) is 65.0 Å². The van der Waals surface area contributed by atoms with Gasteiger partial charge < -0.3 is 28.8 Å². The van der Waals surface area contributed by atoms with Gasteiger partial charge in [0.05, 0.1) is 24.8 Å². The molecule has 0 aromatic heterocycles. The van der Waals surface area contributed by atoms with Crippen molar-refractivity contribution >= 4 is 38.2 Å². The molecule has 2 aliphatic heterocycles. The van der Waals surface area contributed by atoms with Crippen LogP contribution in [0.15, 0.2) is 84.6 Å². The van der Waals surface area contributed by atoms with Crippen molar-refractivity contribution in [2.24, 2.45) is 0 Å². The fourth-order valence-corrected chi connectivity index (χ4v) is 8.81. The van der Waals surface area contributed by atoms with E-state index in [2.05, 4.69) is 31.4 Å². The Bertz CT molecular complexity index is 1710. The van der Waals surface area contributed by atoms with E-state index in [1.165, 1.54) is 0 Å². The van der Waals surface area contributed by atoms with Crippen molar-refractivity contribution in [3.63, 3.8) is 0 Å². The molecule has 2 heterocycles. The second kappa shape index (κ2) is 15.6. The number of carboxylic acid groups (broad SMARTS) is 1. The maximum atomic E-state index is 12.7. The SMILES string of the molecule is CCOP(=O)(O)CCN1C(=CC=CC=CC2=[N+](CCP(=O)(O)OCC)c3ccccc3C2(C)C)C(C)(CCCC(=O)O)c2ccccc21. The smallest absolute Gasteiger partial charge is 0.334 e. The molecule has 0 spiro atoms. The van der Waals surface area contributed by atoms with E-state index >= 15 is 0 Å². The lowest BCUT2D eigenvalue weighted by atomic mass is 9.77. The number of aliphatic carboxylic acids is 1. The standard InChI is InChI=1S/C36H48N2O8P2/c1-6-45-47(41,42)26-24-37-30-18-13-11-16-28(30)35(3,4)32(37)20-9-8-10-21-33-36(5,23-15-22-34(39)40)29-17-12-14-19-31(29)38(33)25-27-48(43,44)46-7-2/h8-14,16-21H,6-7,15,22-27H2,1-5H3,(H2-,39,40,41,42,43,44)/p+1. The summed E-state index contributed by atoms with van der Waals surface area (Å²) in [7, 11) is -7.53. The molecule has 3 unspecified atom stereocenters. The van der Waals surface area contributed by atoms with E-state index in [9.17, 15) is 28.8 Å². The highest BCUT2D eigenvalue weighted by molar-refractivity contribution is 7.53. The summed E-state index contributed by atoms with van der Waals surface area (Å²) >= 11 is 0. The summed E-state index contributed by atoms with van der Waals surface area (Å²) in [4.78, 5) is 34.1. The van der Waals surface area contributed by atoms with Crippen LogP contribution in [0.2, 0.25) is 0 Å². The second-order valence-electron chi connectivity index (χ2n) is 12.8. The lowest BCUT2D eigenvalue weighted by Gasteiger charge is -2.30. The number of carbonyl (C=O) groups is 1. The molecule has 0 bridgehead atoms. The molecule has 48 heavy (non-hydrogen) atoms. The quantitative estimate of drug-likeness (QED) is 0.0869. The number of para-hydroxylation sites is 2. The van der Waals surface area contributed by atoms with Crippen molar-refractivity contribution in [1.82, 2.24) is 0 Å². The first-order chi connectivity index (χ1) is 22.7. The largest absolute Gasteiger partial charge is 0.481 e. The summed E-state index contributed by atoms with van der Waals surface area (Å²) in [5.74, 6) is -0.849. The molecule has 12 heteroatoms. The maximum absolute atomic E-state index is 12.7. The van der Waals surface area contributed by atoms with Crippen molar-refractivity contribution < 1.29 is 42.4 Å². The van der Waals surface area contributed by atoms with Crippen molar-refractivity contribution in [3.05, 3.63) is 95.7 Å². The summed E-state index contributed by atoms with van der Waals surface area (Å²) < 4.78 is 37.6. The molecular formula is C36H49N2O8P2+. The van der Waals surface area contributed by atoms with Gasteiger partial charge in [0.2, 0.25) is 5.69 Å². The highest BCUT2D eigenvalue weighted by atomic mass is 31.2. The molecule has 2 aliphatic rings. The lowest BCUT2D eigenvalue weighted by Crippen LogP contribution is -2.30. The van der Waals surface area contributed by atoms with Crippen molar-refractivity contribution in [3.8, 4) is 0 Å². The minimum absolute atomic E-state index is 0.00848. The van der Waals surface area contributed by atoms with Crippen molar-refractivity contribution in [1.29, 1.82) is 0 Å². The van der Waals surface area contributed by atoms with Crippen LogP contribution in [0.3, 0.4) is 0 Å². The van der Waals surface area contributed by atoms with Crippen LogP contribution >= 0.6 is 15.2 Å². The molecule has 0 radical (unpaired) electrons. The first kappa shape index (κ1) is 37.7. The molecular weight excluding hydrogens is 650 g/mol. The third kappa shape index (κ3) is 8.54. The zero-order valence-electron chi connectivity index (χ0n) is 28.5.